The van der Waals surface area contributed by atoms with Crippen LogP contribution >= 0.6 is 0 Å². The molecule has 0 aromatic rings. The van der Waals surface area contributed by atoms with Crippen LogP contribution in [0.4, 0.5) is 4.79 Å². The Kier molecular flexibility index (Phi) is 8.28. The van der Waals surface area contributed by atoms with Gasteiger partial charge in [0, 0.05) is 0 Å². The molecule has 0 aromatic heterocycles. The molecule has 0 fully saturated rings. The Balaban J connectivity index is 3.84. The van der Waals surface area contributed by atoms with Crippen molar-refractivity contribution >= 4 is 12.1 Å². The number of ether oxygens (including phenoxy) is 2. The number of alkyl carbamates (subject to hydrolysis) is 1. The lowest BCUT2D eigenvalue weighted by atomic mass is 10.1. The van der Waals surface area contributed by atoms with Crippen LogP contribution in [0.1, 0.15) is 20.3 Å². The first-order chi connectivity index (χ1) is 8.87. The molecule has 0 atom stereocenters. The van der Waals surface area contributed by atoms with Gasteiger partial charge in [0.15, 0.2) is 0 Å². The van der Waals surface area contributed by atoms with Gasteiger partial charge in [0.2, 0.25) is 0 Å². The van der Waals surface area contributed by atoms with Crippen molar-refractivity contribution in [2.45, 2.75) is 25.9 Å². The van der Waals surface area contributed by atoms with E-state index < -0.39 is 24.2 Å². The highest BCUT2D eigenvalue weighted by atomic mass is 16.6. The molecule has 0 saturated carbocycles. The van der Waals surface area contributed by atoms with Crippen LogP contribution in [-0.2, 0) is 14.3 Å². The summed E-state index contributed by atoms with van der Waals surface area (Å²) in [7, 11) is 0. The number of carboxylic acid groups (broad SMARTS) is 1. The van der Waals surface area contributed by atoms with E-state index in [1.165, 1.54) is 0 Å². The number of aliphatic carboxylic acids is 1. The summed E-state index contributed by atoms with van der Waals surface area (Å²) < 4.78 is 10.4. The number of hydrogen-bond donors (Lipinski definition) is 2. The van der Waals surface area contributed by atoms with Crippen LogP contribution in [0.3, 0.4) is 0 Å². The number of amides is 1. The molecular weight excluding hydrogens is 250 g/mol. The van der Waals surface area contributed by atoms with Crippen molar-refractivity contribution in [1.29, 1.82) is 0 Å². The van der Waals surface area contributed by atoms with Crippen molar-refractivity contribution in [2.24, 2.45) is 0 Å². The maximum Gasteiger partial charge on any atom is 0.408 e. The third kappa shape index (κ3) is 11.0. The van der Waals surface area contributed by atoms with Gasteiger partial charge in [0.1, 0.15) is 12.1 Å². The third-order valence-corrected chi connectivity index (χ3v) is 1.90. The summed E-state index contributed by atoms with van der Waals surface area (Å²) in [6.07, 6.45) is 5.39. The van der Waals surface area contributed by atoms with E-state index in [1.807, 2.05) is 12.2 Å². The number of rotatable bonds is 9. The lowest BCUT2D eigenvalue weighted by Gasteiger charge is -2.24. The molecule has 0 aromatic carbocycles. The second-order valence-electron chi connectivity index (χ2n) is 4.40. The first kappa shape index (κ1) is 17.2. The molecule has 0 heterocycles. The number of allylic oxidation sites excluding steroid dienone is 2. The molecule has 1 amide bonds. The van der Waals surface area contributed by atoms with Gasteiger partial charge in [0.05, 0.1) is 13.2 Å². The molecule has 6 heteroatoms. The molecule has 0 rings (SSSR count). The van der Waals surface area contributed by atoms with Crippen molar-refractivity contribution in [3.8, 4) is 0 Å². The minimum Gasteiger partial charge on any atom is -0.480 e. The largest absolute Gasteiger partial charge is 0.480 e. The fourth-order valence-electron chi connectivity index (χ4n) is 1.13. The molecule has 0 saturated heterocycles. The number of carbonyl (C=O) groups is 2. The summed E-state index contributed by atoms with van der Waals surface area (Å²) in [5, 5.41) is 10.5. The molecule has 19 heavy (non-hydrogen) atoms. The molecule has 6 nitrogen and oxygen atoms in total. The summed E-state index contributed by atoms with van der Waals surface area (Å²) in [5.41, 5.74) is -0.815. The maximum absolute atomic E-state index is 11.3. The lowest BCUT2D eigenvalue weighted by molar-refractivity contribution is -0.136. The summed E-state index contributed by atoms with van der Waals surface area (Å²) in [6.45, 7) is 7.19. The number of hydrogen-bond acceptors (Lipinski definition) is 4. The fourth-order valence-corrected chi connectivity index (χ4v) is 1.13. The number of carboxylic acids is 1. The van der Waals surface area contributed by atoms with Gasteiger partial charge in [-0.2, -0.15) is 0 Å². The van der Waals surface area contributed by atoms with Gasteiger partial charge < -0.3 is 19.9 Å². The second-order valence-corrected chi connectivity index (χ2v) is 4.40. The van der Waals surface area contributed by atoms with Crippen molar-refractivity contribution in [1.82, 2.24) is 5.32 Å². The van der Waals surface area contributed by atoms with E-state index in [0.29, 0.717) is 6.61 Å². The lowest BCUT2D eigenvalue weighted by Crippen LogP contribution is -2.39. The number of carbonyl (C=O) groups excluding carboxylic acids is 1. The fraction of sp³-hybridized carbons (Fsp3) is 0.538. The normalized spacial score (nSPS) is 11.3. The molecule has 0 aliphatic heterocycles. The molecular formula is C13H21NO5. The molecule has 0 radical (unpaired) electrons. The first-order valence-corrected chi connectivity index (χ1v) is 5.91. The smallest absolute Gasteiger partial charge is 0.408 e. The highest BCUT2D eigenvalue weighted by molar-refractivity contribution is 5.76. The van der Waals surface area contributed by atoms with E-state index in [0.717, 1.165) is 6.42 Å². The number of nitrogens with one attached hydrogen (secondary N) is 1. The van der Waals surface area contributed by atoms with Gasteiger partial charge in [-0.25, -0.2) is 4.79 Å². The average Bonchev–Trinajstić information content (AvgIpc) is 2.30. The van der Waals surface area contributed by atoms with Gasteiger partial charge in [0.25, 0.3) is 0 Å². The minimum atomic E-state index is -1.12. The Bertz CT molecular complexity index is 336. The predicted octanol–water partition coefficient (Wildman–Crippen LogP) is 1.72. The van der Waals surface area contributed by atoms with Crippen LogP contribution in [0, 0.1) is 0 Å². The van der Waals surface area contributed by atoms with E-state index >= 15 is 0 Å². The highest BCUT2D eigenvalue weighted by Gasteiger charge is 2.23. The topological polar surface area (TPSA) is 84.9 Å². The Labute approximate surface area is 113 Å². The summed E-state index contributed by atoms with van der Waals surface area (Å²) >= 11 is 0. The monoisotopic (exact) mass is 271 g/mol. The molecule has 0 unspecified atom stereocenters. The zero-order valence-electron chi connectivity index (χ0n) is 11.3. The van der Waals surface area contributed by atoms with E-state index in [-0.39, 0.29) is 6.61 Å². The van der Waals surface area contributed by atoms with Crippen molar-refractivity contribution in [2.75, 3.05) is 19.8 Å². The van der Waals surface area contributed by atoms with Crippen molar-refractivity contribution < 1.29 is 24.2 Å². The van der Waals surface area contributed by atoms with Crippen molar-refractivity contribution in [3.63, 3.8) is 0 Å². The zero-order chi connectivity index (χ0) is 14.7. The van der Waals surface area contributed by atoms with Crippen LogP contribution in [0.25, 0.3) is 0 Å². The van der Waals surface area contributed by atoms with Gasteiger partial charge in [-0.1, -0.05) is 24.8 Å². The Morgan fingerprint density at radius 1 is 1.42 bits per heavy atom. The van der Waals surface area contributed by atoms with Gasteiger partial charge >= 0.3 is 12.1 Å². The second kappa shape index (κ2) is 9.16. The average molecular weight is 271 g/mol. The molecule has 0 bridgehead atoms. The molecule has 0 aliphatic carbocycles. The SMILES string of the molecule is C=C/C=C/CCOCC(C)(C)OC(=O)NCC(=O)O. The quantitative estimate of drug-likeness (QED) is 0.492. The zero-order valence-corrected chi connectivity index (χ0v) is 11.3. The van der Waals surface area contributed by atoms with E-state index in [9.17, 15) is 9.59 Å². The summed E-state index contributed by atoms with van der Waals surface area (Å²) in [6, 6.07) is 0. The molecule has 108 valence electrons. The standard InChI is InChI=1S/C13H21NO5/c1-4-5-6-7-8-18-10-13(2,3)19-12(17)14-9-11(15)16/h4-6H,1,7-10H2,2-3H3,(H,14,17)(H,15,16)/b6-5+. The Hall–Kier alpha value is -1.82. The summed E-state index contributed by atoms with van der Waals surface area (Å²) in [4.78, 5) is 21.5. The Morgan fingerprint density at radius 3 is 2.68 bits per heavy atom. The third-order valence-electron chi connectivity index (χ3n) is 1.90. The van der Waals surface area contributed by atoms with Crippen LogP contribution in [0.2, 0.25) is 0 Å². The predicted molar refractivity (Wildman–Crippen MR) is 71.0 cm³/mol. The minimum absolute atomic E-state index is 0.232. The maximum atomic E-state index is 11.3. The van der Waals surface area contributed by atoms with Crippen LogP contribution in [0.5, 0.6) is 0 Å². The highest BCUT2D eigenvalue weighted by Crippen LogP contribution is 2.10. The van der Waals surface area contributed by atoms with Crippen LogP contribution < -0.4 is 5.32 Å². The van der Waals surface area contributed by atoms with Crippen molar-refractivity contribution in [3.05, 3.63) is 24.8 Å². The van der Waals surface area contributed by atoms with Gasteiger partial charge in [-0.15, -0.1) is 0 Å². The summed E-state index contributed by atoms with van der Waals surface area (Å²) in [5.74, 6) is -1.12. The Morgan fingerprint density at radius 2 is 2.11 bits per heavy atom. The van der Waals surface area contributed by atoms with E-state index in [4.69, 9.17) is 14.6 Å². The molecule has 0 aliphatic rings. The first-order valence-electron chi connectivity index (χ1n) is 5.91. The molecule has 0 spiro atoms. The van der Waals surface area contributed by atoms with Crippen LogP contribution in [-0.4, -0.2) is 42.5 Å². The molecule has 2 N–H and O–H groups in total. The van der Waals surface area contributed by atoms with E-state index in [2.05, 4.69) is 11.9 Å². The van der Waals surface area contributed by atoms with Gasteiger partial charge in [-0.3, -0.25) is 4.79 Å². The van der Waals surface area contributed by atoms with E-state index in [1.54, 1.807) is 19.9 Å². The van der Waals surface area contributed by atoms with Crippen LogP contribution in [0.15, 0.2) is 24.8 Å². The van der Waals surface area contributed by atoms with Gasteiger partial charge in [-0.05, 0) is 20.3 Å².